The summed E-state index contributed by atoms with van der Waals surface area (Å²) in [6.07, 6.45) is 0. The zero-order valence-corrected chi connectivity index (χ0v) is 19.3. The summed E-state index contributed by atoms with van der Waals surface area (Å²) in [5, 5.41) is 9.71. The van der Waals surface area contributed by atoms with Gasteiger partial charge in [0.25, 0.3) is 11.5 Å². The van der Waals surface area contributed by atoms with Crippen molar-refractivity contribution in [3.63, 3.8) is 0 Å². The molecule has 7 nitrogen and oxygen atoms in total. The molecule has 0 radical (unpaired) electrons. The van der Waals surface area contributed by atoms with Crippen LogP contribution in [0.25, 0.3) is 16.5 Å². The zero-order valence-electron chi connectivity index (χ0n) is 18.5. The number of rotatable bonds is 6. The smallest absolute Gasteiger partial charge is 0.359 e. The summed E-state index contributed by atoms with van der Waals surface area (Å²) in [4.78, 5) is 38.9. The van der Waals surface area contributed by atoms with Gasteiger partial charge in [-0.15, -0.1) is 11.3 Å². The maximum Gasteiger partial charge on any atom is 0.359 e. The molecule has 0 saturated carbocycles. The van der Waals surface area contributed by atoms with Crippen molar-refractivity contribution in [1.82, 2.24) is 9.78 Å². The summed E-state index contributed by atoms with van der Waals surface area (Å²) in [6.45, 7) is 6.04. The van der Waals surface area contributed by atoms with Gasteiger partial charge in [-0.1, -0.05) is 44.2 Å². The lowest BCUT2D eigenvalue weighted by Crippen LogP contribution is -2.25. The molecule has 0 saturated heterocycles. The number of amides is 1. The van der Waals surface area contributed by atoms with Gasteiger partial charge < -0.3 is 10.1 Å². The number of fused-ring (bicyclic) bond motifs is 1. The van der Waals surface area contributed by atoms with E-state index in [-0.39, 0.29) is 23.6 Å². The number of carbonyl (C=O) groups is 2. The van der Waals surface area contributed by atoms with Crippen molar-refractivity contribution in [3.8, 4) is 5.69 Å². The molecule has 1 N–H and O–H groups in total. The molecule has 0 aliphatic carbocycles. The second kappa shape index (κ2) is 9.38. The number of hydrogen-bond acceptors (Lipinski definition) is 6. The Labute approximate surface area is 194 Å². The topological polar surface area (TPSA) is 90.3 Å². The highest BCUT2D eigenvalue weighted by Crippen LogP contribution is 2.31. The summed E-state index contributed by atoms with van der Waals surface area (Å²) in [6, 6.07) is 16.1. The molecule has 0 aliphatic heterocycles. The van der Waals surface area contributed by atoms with Crippen LogP contribution in [-0.4, -0.2) is 28.3 Å². The van der Waals surface area contributed by atoms with Crippen molar-refractivity contribution in [2.24, 2.45) is 0 Å². The second-order valence-electron chi connectivity index (χ2n) is 7.71. The molecule has 2 heterocycles. The number of thiophene rings is 1. The van der Waals surface area contributed by atoms with Crippen LogP contribution in [0.3, 0.4) is 0 Å². The Morgan fingerprint density at radius 1 is 1.09 bits per heavy atom. The number of hydrogen-bond donors (Lipinski definition) is 1. The van der Waals surface area contributed by atoms with E-state index >= 15 is 0 Å². The van der Waals surface area contributed by atoms with Gasteiger partial charge in [-0.2, -0.15) is 9.78 Å². The van der Waals surface area contributed by atoms with E-state index in [4.69, 9.17) is 4.74 Å². The summed E-state index contributed by atoms with van der Waals surface area (Å²) < 4.78 is 6.36. The summed E-state index contributed by atoms with van der Waals surface area (Å²) in [5.74, 6) is -0.646. The number of ether oxygens (including phenoxy) is 1. The molecule has 0 unspecified atom stereocenters. The number of aromatic nitrogens is 2. The number of benzene rings is 2. The predicted molar refractivity (Wildman–Crippen MR) is 130 cm³/mol. The molecule has 168 valence electrons. The molecule has 0 aliphatic rings. The summed E-state index contributed by atoms with van der Waals surface area (Å²) in [5.41, 5.74) is 1.69. The van der Waals surface area contributed by atoms with E-state index in [1.807, 2.05) is 18.2 Å². The first-order valence-corrected chi connectivity index (χ1v) is 11.5. The van der Waals surface area contributed by atoms with E-state index in [0.717, 1.165) is 5.56 Å². The van der Waals surface area contributed by atoms with E-state index in [1.54, 1.807) is 48.7 Å². The third-order valence-corrected chi connectivity index (χ3v) is 6.08. The lowest BCUT2D eigenvalue weighted by Gasteiger charge is -2.11. The van der Waals surface area contributed by atoms with Crippen LogP contribution in [0.5, 0.6) is 0 Å². The van der Waals surface area contributed by atoms with Crippen molar-refractivity contribution in [1.29, 1.82) is 0 Å². The highest BCUT2D eigenvalue weighted by molar-refractivity contribution is 7.16. The van der Waals surface area contributed by atoms with E-state index < -0.39 is 11.5 Å². The molecule has 33 heavy (non-hydrogen) atoms. The van der Waals surface area contributed by atoms with Gasteiger partial charge in [-0.05, 0) is 42.7 Å². The first kappa shape index (κ1) is 22.4. The molecule has 0 fully saturated rings. The van der Waals surface area contributed by atoms with Crippen LogP contribution in [0.2, 0.25) is 0 Å². The Hall–Kier alpha value is -3.78. The maximum absolute atomic E-state index is 13.5. The van der Waals surface area contributed by atoms with Gasteiger partial charge in [-0.3, -0.25) is 9.59 Å². The number of nitrogens with one attached hydrogen (secondary N) is 1. The number of esters is 1. The highest BCUT2D eigenvalue weighted by Gasteiger charge is 2.23. The van der Waals surface area contributed by atoms with E-state index in [0.29, 0.717) is 27.6 Å². The van der Waals surface area contributed by atoms with Crippen molar-refractivity contribution in [3.05, 3.63) is 87.2 Å². The largest absolute Gasteiger partial charge is 0.461 e. The van der Waals surface area contributed by atoms with Gasteiger partial charge in [0, 0.05) is 16.3 Å². The third-order valence-electron chi connectivity index (χ3n) is 5.19. The zero-order chi connectivity index (χ0) is 23.5. The molecule has 4 rings (SSSR count). The minimum absolute atomic E-state index is 0.0239. The molecule has 2 aromatic heterocycles. The van der Waals surface area contributed by atoms with Crippen LogP contribution in [0, 0.1) is 0 Å². The Bertz CT molecular complexity index is 1370. The van der Waals surface area contributed by atoms with Crippen LogP contribution < -0.4 is 10.9 Å². The maximum atomic E-state index is 13.5. The standard InChI is InChI=1S/C25H23N3O4S/c1-4-32-25(31)21-19-14-33-23(26-22(29)17-8-6-5-7-9-17)20(19)24(30)28(27-21)18-12-10-16(11-13-18)15(2)3/h5-15H,4H2,1-3H3,(H,26,29). The third kappa shape index (κ3) is 4.42. The van der Waals surface area contributed by atoms with Crippen LogP contribution in [0.1, 0.15) is 53.1 Å². The highest BCUT2D eigenvalue weighted by atomic mass is 32.1. The number of nitrogens with zero attached hydrogens (tertiary/aromatic N) is 2. The number of carbonyl (C=O) groups excluding carboxylic acids is 2. The molecule has 2 aromatic carbocycles. The van der Waals surface area contributed by atoms with Crippen LogP contribution >= 0.6 is 11.3 Å². The minimum atomic E-state index is -0.631. The Kier molecular flexibility index (Phi) is 6.37. The molecule has 1 amide bonds. The predicted octanol–water partition coefficient (Wildman–Crippen LogP) is 5.00. The lowest BCUT2D eigenvalue weighted by atomic mass is 10.0. The Morgan fingerprint density at radius 3 is 2.42 bits per heavy atom. The summed E-state index contributed by atoms with van der Waals surface area (Å²) in [7, 11) is 0. The Morgan fingerprint density at radius 2 is 1.79 bits per heavy atom. The Balaban J connectivity index is 1.87. The van der Waals surface area contributed by atoms with Crippen molar-refractivity contribution in [2.75, 3.05) is 11.9 Å². The van der Waals surface area contributed by atoms with Crippen LogP contribution in [0.4, 0.5) is 5.00 Å². The molecule has 8 heteroatoms. The minimum Gasteiger partial charge on any atom is -0.461 e. The fraction of sp³-hybridized carbons (Fsp3) is 0.200. The fourth-order valence-corrected chi connectivity index (χ4v) is 4.36. The average molecular weight is 462 g/mol. The van der Waals surface area contributed by atoms with Crippen molar-refractivity contribution < 1.29 is 14.3 Å². The van der Waals surface area contributed by atoms with Crippen molar-refractivity contribution in [2.45, 2.75) is 26.7 Å². The van der Waals surface area contributed by atoms with Gasteiger partial charge in [0.2, 0.25) is 0 Å². The molecular weight excluding hydrogens is 438 g/mol. The fourth-order valence-electron chi connectivity index (χ4n) is 3.43. The van der Waals surface area contributed by atoms with Gasteiger partial charge in [0.15, 0.2) is 5.69 Å². The first-order valence-electron chi connectivity index (χ1n) is 10.6. The molecule has 0 spiro atoms. The number of anilines is 1. The van der Waals surface area contributed by atoms with Gasteiger partial charge in [0.05, 0.1) is 17.7 Å². The lowest BCUT2D eigenvalue weighted by molar-refractivity contribution is 0.0520. The van der Waals surface area contributed by atoms with Gasteiger partial charge >= 0.3 is 5.97 Å². The van der Waals surface area contributed by atoms with E-state index in [2.05, 4.69) is 24.3 Å². The van der Waals surface area contributed by atoms with Crippen LogP contribution in [-0.2, 0) is 4.74 Å². The first-order chi connectivity index (χ1) is 15.9. The molecule has 0 atom stereocenters. The second-order valence-corrected chi connectivity index (χ2v) is 8.59. The molecular formula is C25H23N3O4S. The summed E-state index contributed by atoms with van der Waals surface area (Å²) >= 11 is 1.17. The monoisotopic (exact) mass is 461 g/mol. The van der Waals surface area contributed by atoms with E-state index in [1.165, 1.54) is 16.0 Å². The normalized spacial score (nSPS) is 11.0. The van der Waals surface area contributed by atoms with Crippen LogP contribution in [0.15, 0.2) is 64.8 Å². The van der Waals surface area contributed by atoms with Crippen molar-refractivity contribution >= 4 is 39.0 Å². The average Bonchev–Trinajstić information content (AvgIpc) is 3.24. The molecule has 0 bridgehead atoms. The van der Waals surface area contributed by atoms with Gasteiger partial charge in [0.1, 0.15) is 5.00 Å². The van der Waals surface area contributed by atoms with E-state index in [9.17, 15) is 14.4 Å². The quantitative estimate of drug-likeness (QED) is 0.408. The molecule has 4 aromatic rings. The van der Waals surface area contributed by atoms with Gasteiger partial charge in [-0.25, -0.2) is 4.79 Å². The SMILES string of the molecule is CCOC(=O)c1nn(-c2ccc(C(C)C)cc2)c(=O)c2c(NC(=O)c3ccccc3)scc12.